The van der Waals surface area contributed by atoms with Crippen LogP contribution >= 0.6 is 11.3 Å². The fraction of sp³-hybridized carbons (Fsp3) is 0.190. The monoisotopic (exact) mass is 409 g/mol. The third-order valence-corrected chi connectivity index (χ3v) is 5.41. The Labute approximate surface area is 171 Å². The maximum Gasteiger partial charge on any atom is 0.267 e. The van der Waals surface area contributed by atoms with Gasteiger partial charge in [-0.2, -0.15) is 0 Å². The van der Waals surface area contributed by atoms with Gasteiger partial charge in [0.25, 0.3) is 11.8 Å². The summed E-state index contributed by atoms with van der Waals surface area (Å²) in [5, 5.41) is 5.15. The number of aromatic nitrogens is 1. The standard InChI is InChI=1S/C21H19N3O4S/c1-12-20(26)24(2)17-10-13(7-8-18(17)28-12)16-11-29-21(22-16)23-19(25)14-5-4-6-15(9-14)27-3/h4-12H,1-3H3,(H,22,23,25). The van der Waals surface area contributed by atoms with Gasteiger partial charge < -0.3 is 14.4 Å². The van der Waals surface area contributed by atoms with E-state index in [4.69, 9.17) is 9.47 Å². The molecule has 2 aromatic carbocycles. The Hall–Kier alpha value is -3.39. The normalized spacial score (nSPS) is 15.5. The highest BCUT2D eigenvalue weighted by Crippen LogP contribution is 2.37. The third-order valence-electron chi connectivity index (χ3n) is 4.65. The number of ether oxygens (including phenoxy) is 2. The van der Waals surface area contributed by atoms with Crippen molar-refractivity contribution < 1.29 is 19.1 Å². The zero-order valence-corrected chi connectivity index (χ0v) is 16.9. The van der Waals surface area contributed by atoms with E-state index in [1.165, 1.54) is 11.3 Å². The van der Waals surface area contributed by atoms with Gasteiger partial charge in [0.1, 0.15) is 11.5 Å². The van der Waals surface area contributed by atoms with Crippen LogP contribution < -0.4 is 19.7 Å². The summed E-state index contributed by atoms with van der Waals surface area (Å²) in [5.41, 5.74) is 2.72. The van der Waals surface area contributed by atoms with Crippen LogP contribution in [0.25, 0.3) is 11.3 Å². The number of nitrogens with zero attached hydrogens (tertiary/aromatic N) is 2. The predicted molar refractivity (Wildman–Crippen MR) is 112 cm³/mol. The molecule has 2 amide bonds. The molecule has 1 aliphatic heterocycles. The summed E-state index contributed by atoms with van der Waals surface area (Å²) < 4.78 is 10.8. The summed E-state index contributed by atoms with van der Waals surface area (Å²) in [6.45, 7) is 1.73. The van der Waals surface area contributed by atoms with E-state index in [1.54, 1.807) is 50.2 Å². The minimum Gasteiger partial charge on any atom is -0.497 e. The SMILES string of the molecule is COc1cccc(C(=O)Nc2nc(-c3ccc4c(c3)N(C)C(=O)C(C)O4)cs2)c1. The Morgan fingerprint density at radius 3 is 2.90 bits per heavy atom. The van der Waals surface area contributed by atoms with Gasteiger partial charge in [-0.3, -0.25) is 14.9 Å². The van der Waals surface area contributed by atoms with Crippen molar-refractivity contribution in [3.63, 3.8) is 0 Å². The molecule has 1 unspecified atom stereocenters. The van der Waals surface area contributed by atoms with Gasteiger partial charge in [-0.05, 0) is 43.3 Å². The van der Waals surface area contributed by atoms with E-state index in [-0.39, 0.29) is 11.8 Å². The first-order valence-corrected chi connectivity index (χ1v) is 9.84. The second-order valence-electron chi connectivity index (χ2n) is 6.56. The van der Waals surface area contributed by atoms with Crippen molar-refractivity contribution in [2.45, 2.75) is 13.0 Å². The van der Waals surface area contributed by atoms with Crippen LogP contribution in [-0.2, 0) is 4.79 Å². The number of fused-ring (bicyclic) bond motifs is 1. The Morgan fingerprint density at radius 1 is 1.28 bits per heavy atom. The number of anilines is 2. The fourth-order valence-electron chi connectivity index (χ4n) is 3.07. The molecule has 0 fully saturated rings. The minimum absolute atomic E-state index is 0.0980. The van der Waals surface area contributed by atoms with Crippen LogP contribution in [0.2, 0.25) is 0 Å². The van der Waals surface area contributed by atoms with Crippen molar-refractivity contribution in [1.82, 2.24) is 4.98 Å². The van der Waals surface area contributed by atoms with Crippen molar-refractivity contribution in [2.24, 2.45) is 0 Å². The smallest absolute Gasteiger partial charge is 0.267 e. The van der Waals surface area contributed by atoms with Gasteiger partial charge in [0.15, 0.2) is 11.2 Å². The minimum atomic E-state index is -0.504. The van der Waals surface area contributed by atoms with E-state index < -0.39 is 6.10 Å². The van der Waals surface area contributed by atoms with E-state index in [0.717, 1.165) is 5.56 Å². The lowest BCUT2D eigenvalue weighted by molar-refractivity contribution is -0.125. The lowest BCUT2D eigenvalue weighted by atomic mass is 10.1. The molecule has 2 heterocycles. The van der Waals surface area contributed by atoms with Gasteiger partial charge in [-0.1, -0.05) is 6.07 Å². The number of methoxy groups -OCH3 is 1. The van der Waals surface area contributed by atoms with Crippen LogP contribution in [0, 0.1) is 0 Å². The molecular formula is C21H19N3O4S. The molecule has 3 aromatic rings. The second-order valence-corrected chi connectivity index (χ2v) is 7.42. The number of nitrogens with one attached hydrogen (secondary N) is 1. The number of benzene rings is 2. The summed E-state index contributed by atoms with van der Waals surface area (Å²) >= 11 is 1.33. The zero-order chi connectivity index (χ0) is 20.5. The molecule has 0 aliphatic carbocycles. The number of thiazole rings is 1. The number of hydrogen-bond acceptors (Lipinski definition) is 6. The maximum absolute atomic E-state index is 12.5. The summed E-state index contributed by atoms with van der Waals surface area (Å²) in [6.07, 6.45) is -0.504. The molecular weight excluding hydrogens is 390 g/mol. The predicted octanol–water partition coefficient (Wildman–Crippen LogP) is 3.81. The molecule has 0 saturated carbocycles. The molecule has 1 N–H and O–H groups in total. The van der Waals surface area contributed by atoms with Crippen molar-refractivity contribution in [3.8, 4) is 22.8 Å². The highest BCUT2D eigenvalue weighted by molar-refractivity contribution is 7.14. The van der Waals surface area contributed by atoms with Crippen LogP contribution in [0.5, 0.6) is 11.5 Å². The van der Waals surface area contributed by atoms with Crippen LogP contribution in [0.15, 0.2) is 47.8 Å². The topological polar surface area (TPSA) is 80.8 Å². The summed E-state index contributed by atoms with van der Waals surface area (Å²) in [4.78, 5) is 30.7. The van der Waals surface area contributed by atoms with Crippen LogP contribution in [-0.4, -0.2) is 37.1 Å². The molecule has 1 atom stereocenters. The molecule has 29 heavy (non-hydrogen) atoms. The fourth-order valence-corrected chi connectivity index (χ4v) is 3.78. The van der Waals surface area contributed by atoms with Gasteiger partial charge >= 0.3 is 0 Å². The van der Waals surface area contributed by atoms with E-state index in [1.807, 2.05) is 23.6 Å². The summed E-state index contributed by atoms with van der Waals surface area (Å²) in [7, 11) is 3.28. The number of hydrogen-bond donors (Lipinski definition) is 1. The number of likely N-dealkylation sites (N-methyl/N-ethyl adjacent to an activating group) is 1. The molecule has 1 aliphatic rings. The largest absolute Gasteiger partial charge is 0.497 e. The molecule has 0 radical (unpaired) electrons. The molecule has 0 bridgehead atoms. The molecule has 1 aromatic heterocycles. The summed E-state index contributed by atoms with van der Waals surface area (Å²) in [6, 6.07) is 12.5. The average Bonchev–Trinajstić information content (AvgIpc) is 3.20. The zero-order valence-electron chi connectivity index (χ0n) is 16.1. The number of carbonyl (C=O) groups excluding carboxylic acids is 2. The van der Waals surface area contributed by atoms with Crippen molar-refractivity contribution >= 4 is 34.0 Å². The number of amides is 2. The lowest BCUT2D eigenvalue weighted by Gasteiger charge is -2.30. The molecule has 0 saturated heterocycles. The van der Waals surface area contributed by atoms with Crippen molar-refractivity contribution in [1.29, 1.82) is 0 Å². The highest BCUT2D eigenvalue weighted by atomic mass is 32.1. The Morgan fingerprint density at radius 2 is 2.10 bits per heavy atom. The van der Waals surface area contributed by atoms with Crippen molar-refractivity contribution in [2.75, 3.05) is 24.4 Å². The van der Waals surface area contributed by atoms with Gasteiger partial charge in [0, 0.05) is 23.6 Å². The maximum atomic E-state index is 12.5. The van der Waals surface area contributed by atoms with Crippen LogP contribution in [0.3, 0.4) is 0 Å². The van der Waals surface area contributed by atoms with E-state index in [9.17, 15) is 9.59 Å². The first-order valence-electron chi connectivity index (χ1n) is 8.96. The molecule has 4 rings (SSSR count). The van der Waals surface area contributed by atoms with Crippen molar-refractivity contribution in [3.05, 3.63) is 53.4 Å². The Balaban J connectivity index is 1.55. The first kappa shape index (κ1) is 18.9. The molecule has 7 nitrogen and oxygen atoms in total. The Bertz CT molecular complexity index is 1100. The van der Waals surface area contributed by atoms with E-state index in [2.05, 4.69) is 10.3 Å². The van der Waals surface area contributed by atoms with Crippen LogP contribution in [0.1, 0.15) is 17.3 Å². The quantitative estimate of drug-likeness (QED) is 0.709. The second kappa shape index (κ2) is 7.56. The van der Waals surface area contributed by atoms with Gasteiger partial charge in [0.05, 0.1) is 18.5 Å². The average molecular weight is 409 g/mol. The third kappa shape index (κ3) is 3.66. The number of rotatable bonds is 4. The molecule has 148 valence electrons. The molecule has 8 heteroatoms. The van der Waals surface area contributed by atoms with E-state index in [0.29, 0.717) is 33.6 Å². The number of carbonyl (C=O) groups is 2. The Kier molecular flexibility index (Phi) is 4.94. The summed E-state index contributed by atoms with van der Waals surface area (Å²) in [5.74, 6) is 0.911. The lowest BCUT2D eigenvalue weighted by Crippen LogP contribution is -2.41. The van der Waals surface area contributed by atoms with Gasteiger partial charge in [-0.25, -0.2) is 4.98 Å². The van der Waals surface area contributed by atoms with E-state index >= 15 is 0 Å². The van der Waals surface area contributed by atoms with Gasteiger partial charge in [0.2, 0.25) is 0 Å². The van der Waals surface area contributed by atoms with Gasteiger partial charge in [-0.15, -0.1) is 11.3 Å². The first-order chi connectivity index (χ1) is 14.0. The van der Waals surface area contributed by atoms with Crippen LogP contribution in [0.4, 0.5) is 10.8 Å². The molecule has 0 spiro atoms. The highest BCUT2D eigenvalue weighted by Gasteiger charge is 2.29.